The molecule has 0 radical (unpaired) electrons. The molecule has 0 spiro atoms. The summed E-state index contributed by atoms with van der Waals surface area (Å²) in [4.78, 5) is 29.3. The maximum atomic E-state index is 13.5. The van der Waals surface area contributed by atoms with Gasteiger partial charge in [-0.1, -0.05) is 6.07 Å². The predicted molar refractivity (Wildman–Crippen MR) is 101 cm³/mol. The summed E-state index contributed by atoms with van der Waals surface area (Å²) < 4.78 is 13.5. The lowest BCUT2D eigenvalue weighted by molar-refractivity contribution is 0.0949. The van der Waals surface area contributed by atoms with Crippen LogP contribution in [0.5, 0.6) is 0 Å². The fourth-order valence-electron chi connectivity index (χ4n) is 2.95. The third-order valence-corrected chi connectivity index (χ3v) is 4.44. The van der Waals surface area contributed by atoms with E-state index in [1.54, 1.807) is 43.3 Å². The molecule has 0 atom stereocenters. The van der Waals surface area contributed by atoms with Crippen molar-refractivity contribution in [3.05, 3.63) is 71.2 Å². The molecule has 2 N–H and O–H groups in total. The van der Waals surface area contributed by atoms with Crippen LogP contribution >= 0.6 is 0 Å². The summed E-state index contributed by atoms with van der Waals surface area (Å²) in [6.45, 7) is 1.75. The second-order valence-electron chi connectivity index (χ2n) is 6.76. The fourth-order valence-corrected chi connectivity index (χ4v) is 2.95. The van der Waals surface area contributed by atoms with Crippen LogP contribution in [0.15, 0.2) is 48.5 Å². The van der Waals surface area contributed by atoms with Crippen LogP contribution in [0.2, 0.25) is 0 Å². The molecule has 27 heavy (non-hydrogen) atoms. The highest BCUT2D eigenvalue weighted by molar-refractivity contribution is 6.12. The van der Waals surface area contributed by atoms with Crippen molar-refractivity contribution in [2.45, 2.75) is 25.8 Å². The SMILES string of the molecule is Cc1cc(C(=O)Nc2cccc(C(=O)NC3CC3)c2)c2ccc(F)cc2n1. The lowest BCUT2D eigenvalue weighted by Gasteiger charge is -2.10. The Bertz CT molecular complexity index is 1060. The molecule has 2 aromatic carbocycles. The van der Waals surface area contributed by atoms with Crippen LogP contribution in [0.4, 0.5) is 10.1 Å². The van der Waals surface area contributed by atoms with Gasteiger partial charge in [0.05, 0.1) is 11.1 Å². The van der Waals surface area contributed by atoms with Crippen LogP contribution < -0.4 is 10.6 Å². The van der Waals surface area contributed by atoms with Gasteiger partial charge in [-0.3, -0.25) is 14.6 Å². The number of nitrogens with one attached hydrogen (secondary N) is 2. The van der Waals surface area contributed by atoms with Crippen LogP contribution in [0.1, 0.15) is 39.3 Å². The molecule has 3 aromatic rings. The van der Waals surface area contributed by atoms with Crippen LogP contribution in [0.3, 0.4) is 0 Å². The summed E-state index contributed by atoms with van der Waals surface area (Å²) in [7, 11) is 0. The van der Waals surface area contributed by atoms with Crippen molar-refractivity contribution >= 4 is 28.4 Å². The van der Waals surface area contributed by atoms with Gasteiger partial charge in [0.25, 0.3) is 11.8 Å². The van der Waals surface area contributed by atoms with Gasteiger partial charge in [-0.15, -0.1) is 0 Å². The molecule has 136 valence electrons. The molecule has 0 aliphatic heterocycles. The van der Waals surface area contributed by atoms with E-state index in [-0.39, 0.29) is 17.9 Å². The number of carbonyl (C=O) groups is 2. The number of nitrogens with zero attached hydrogens (tertiary/aromatic N) is 1. The Morgan fingerprint density at radius 3 is 2.67 bits per heavy atom. The number of halogens is 1. The predicted octanol–water partition coefficient (Wildman–Crippen LogP) is 3.83. The number of anilines is 1. The molecule has 6 heteroatoms. The smallest absolute Gasteiger partial charge is 0.256 e. The highest BCUT2D eigenvalue weighted by atomic mass is 19.1. The highest BCUT2D eigenvalue weighted by Gasteiger charge is 2.24. The number of hydrogen-bond donors (Lipinski definition) is 2. The van der Waals surface area contributed by atoms with Gasteiger partial charge >= 0.3 is 0 Å². The minimum absolute atomic E-state index is 0.144. The number of fused-ring (bicyclic) bond motifs is 1. The molecule has 1 saturated carbocycles. The maximum Gasteiger partial charge on any atom is 0.256 e. The zero-order chi connectivity index (χ0) is 19.0. The van der Waals surface area contributed by atoms with Crippen LogP contribution in [0.25, 0.3) is 10.9 Å². The van der Waals surface area contributed by atoms with E-state index in [0.29, 0.717) is 33.4 Å². The first kappa shape index (κ1) is 17.1. The fraction of sp³-hybridized carbons (Fsp3) is 0.190. The number of rotatable bonds is 4. The van der Waals surface area contributed by atoms with Crippen LogP contribution in [-0.2, 0) is 0 Å². The third-order valence-electron chi connectivity index (χ3n) is 4.44. The van der Waals surface area contributed by atoms with Crippen LogP contribution in [-0.4, -0.2) is 22.8 Å². The van der Waals surface area contributed by atoms with E-state index >= 15 is 0 Å². The minimum Gasteiger partial charge on any atom is -0.349 e. The third kappa shape index (κ3) is 3.79. The van der Waals surface area contributed by atoms with Crippen molar-refractivity contribution in [3.63, 3.8) is 0 Å². The summed E-state index contributed by atoms with van der Waals surface area (Å²) in [6, 6.07) is 12.9. The number of carbonyl (C=O) groups excluding carboxylic acids is 2. The first-order chi connectivity index (χ1) is 13.0. The molecular weight excluding hydrogens is 345 g/mol. The molecule has 0 bridgehead atoms. The molecule has 5 nitrogen and oxygen atoms in total. The van der Waals surface area contributed by atoms with Crippen molar-refractivity contribution in [1.29, 1.82) is 0 Å². The van der Waals surface area contributed by atoms with Crippen molar-refractivity contribution in [3.8, 4) is 0 Å². The second kappa shape index (κ2) is 6.79. The van der Waals surface area contributed by atoms with E-state index in [2.05, 4.69) is 15.6 Å². The summed E-state index contributed by atoms with van der Waals surface area (Å²) in [5, 5.41) is 6.31. The van der Waals surface area contributed by atoms with Crippen molar-refractivity contribution in [1.82, 2.24) is 10.3 Å². The van der Waals surface area contributed by atoms with E-state index in [0.717, 1.165) is 12.8 Å². The Kier molecular flexibility index (Phi) is 4.32. The van der Waals surface area contributed by atoms with Crippen molar-refractivity contribution in [2.75, 3.05) is 5.32 Å². The zero-order valence-electron chi connectivity index (χ0n) is 14.8. The van der Waals surface area contributed by atoms with Gasteiger partial charge in [0.1, 0.15) is 5.82 Å². The van der Waals surface area contributed by atoms with E-state index in [9.17, 15) is 14.0 Å². The number of aromatic nitrogens is 1. The monoisotopic (exact) mass is 363 g/mol. The zero-order valence-corrected chi connectivity index (χ0v) is 14.8. The van der Waals surface area contributed by atoms with E-state index in [4.69, 9.17) is 0 Å². The first-order valence-electron chi connectivity index (χ1n) is 8.79. The van der Waals surface area contributed by atoms with E-state index in [1.807, 2.05) is 0 Å². The number of pyridine rings is 1. The minimum atomic E-state index is -0.402. The van der Waals surface area contributed by atoms with Gasteiger partial charge in [0.15, 0.2) is 0 Å². The van der Waals surface area contributed by atoms with Crippen molar-refractivity contribution < 1.29 is 14.0 Å². The average molecular weight is 363 g/mol. The Labute approximate surface area is 155 Å². The summed E-state index contributed by atoms with van der Waals surface area (Å²) in [5.74, 6) is -0.882. The quantitative estimate of drug-likeness (QED) is 0.740. The van der Waals surface area contributed by atoms with Crippen molar-refractivity contribution in [2.24, 2.45) is 0 Å². The Morgan fingerprint density at radius 2 is 1.89 bits per heavy atom. The largest absolute Gasteiger partial charge is 0.349 e. The van der Waals surface area contributed by atoms with Gasteiger partial charge < -0.3 is 10.6 Å². The molecule has 1 aliphatic carbocycles. The van der Waals surface area contributed by atoms with Crippen LogP contribution in [0, 0.1) is 12.7 Å². The molecule has 1 aromatic heterocycles. The average Bonchev–Trinajstić information content (AvgIpc) is 3.44. The molecule has 0 unspecified atom stereocenters. The molecule has 4 rings (SSSR count). The Hall–Kier alpha value is -3.28. The van der Waals surface area contributed by atoms with E-state index < -0.39 is 5.82 Å². The lowest BCUT2D eigenvalue weighted by atomic mass is 10.1. The van der Waals surface area contributed by atoms with Gasteiger partial charge in [-0.25, -0.2) is 4.39 Å². The maximum absolute atomic E-state index is 13.5. The number of amides is 2. The lowest BCUT2D eigenvalue weighted by Crippen LogP contribution is -2.25. The summed E-state index contributed by atoms with van der Waals surface area (Å²) >= 11 is 0. The second-order valence-corrected chi connectivity index (χ2v) is 6.76. The standard InChI is InChI=1S/C21H18FN3O2/c1-12-9-18(17-8-5-14(22)11-19(17)23-12)21(27)25-16-4-2-3-13(10-16)20(26)24-15-6-7-15/h2-5,8-11,15H,6-7H2,1H3,(H,24,26)(H,25,27). The van der Waals surface area contributed by atoms with Gasteiger partial charge in [0.2, 0.25) is 0 Å². The summed E-state index contributed by atoms with van der Waals surface area (Å²) in [5.41, 5.74) is 2.48. The van der Waals surface area contributed by atoms with Gasteiger partial charge in [-0.05, 0) is 56.2 Å². The van der Waals surface area contributed by atoms with E-state index in [1.165, 1.54) is 12.1 Å². The Balaban J connectivity index is 1.61. The normalized spacial score (nSPS) is 13.4. The number of hydrogen-bond acceptors (Lipinski definition) is 3. The molecule has 1 fully saturated rings. The topological polar surface area (TPSA) is 71.1 Å². The molecular formula is C21H18FN3O2. The Morgan fingerprint density at radius 1 is 1.07 bits per heavy atom. The molecule has 1 heterocycles. The number of benzene rings is 2. The molecule has 0 saturated heterocycles. The number of aryl methyl sites for hydroxylation is 1. The highest BCUT2D eigenvalue weighted by Crippen LogP contribution is 2.22. The molecule has 1 aliphatic rings. The van der Waals surface area contributed by atoms with Gasteiger partial charge in [0, 0.05) is 34.4 Å². The molecule has 2 amide bonds. The van der Waals surface area contributed by atoms with Gasteiger partial charge in [-0.2, -0.15) is 0 Å². The summed E-state index contributed by atoms with van der Waals surface area (Å²) in [6.07, 6.45) is 2.02. The first-order valence-corrected chi connectivity index (χ1v) is 8.79.